The summed E-state index contributed by atoms with van der Waals surface area (Å²) < 4.78 is 0. The van der Waals surface area contributed by atoms with Gasteiger partial charge in [0.05, 0.1) is 17.7 Å². The molecule has 1 aliphatic carbocycles. The van der Waals surface area contributed by atoms with Gasteiger partial charge in [-0.25, -0.2) is 4.98 Å². The Bertz CT molecular complexity index is 492. The van der Waals surface area contributed by atoms with E-state index in [0.717, 1.165) is 12.8 Å². The molecule has 2 unspecified atom stereocenters. The minimum Gasteiger partial charge on any atom is -0.348 e. The van der Waals surface area contributed by atoms with Crippen molar-refractivity contribution < 1.29 is 0 Å². The van der Waals surface area contributed by atoms with Crippen molar-refractivity contribution in [1.82, 2.24) is 19.9 Å². The van der Waals surface area contributed by atoms with Crippen LogP contribution in [0.25, 0.3) is 0 Å². The van der Waals surface area contributed by atoms with Gasteiger partial charge in [-0.2, -0.15) is 0 Å². The monoisotopic (exact) mass is 228 g/mol. The largest absolute Gasteiger partial charge is 0.348 e. The molecule has 0 aliphatic heterocycles. The lowest BCUT2D eigenvalue weighted by Crippen LogP contribution is -2.22. The number of hydrogen-bond donors (Lipinski definition) is 1. The van der Waals surface area contributed by atoms with Gasteiger partial charge in [-0.05, 0) is 25.2 Å². The van der Waals surface area contributed by atoms with Crippen LogP contribution in [-0.4, -0.2) is 19.9 Å². The van der Waals surface area contributed by atoms with Crippen molar-refractivity contribution in [2.24, 2.45) is 5.92 Å². The first kappa shape index (κ1) is 10.4. The second-order valence-electron chi connectivity index (χ2n) is 4.76. The second kappa shape index (κ2) is 4.28. The summed E-state index contributed by atoms with van der Waals surface area (Å²) in [5, 5.41) is 0. The lowest BCUT2D eigenvalue weighted by Gasteiger charge is -2.29. The van der Waals surface area contributed by atoms with E-state index in [2.05, 4.69) is 26.9 Å². The third-order valence-electron chi connectivity index (χ3n) is 3.73. The highest BCUT2D eigenvalue weighted by Crippen LogP contribution is 2.35. The average molecular weight is 228 g/mol. The Morgan fingerprint density at radius 1 is 1.35 bits per heavy atom. The standard InChI is InChI=1S/C13H16N4/c1-9-10(6-11-7-14-8-17-11)2-3-12-13(9)16-5-4-15-12/h4-5,7-10H,2-3,6H2,1H3,(H,14,17). The van der Waals surface area contributed by atoms with Crippen LogP contribution in [-0.2, 0) is 12.8 Å². The molecule has 0 radical (unpaired) electrons. The molecule has 0 aromatic carbocycles. The van der Waals surface area contributed by atoms with E-state index in [1.165, 1.54) is 23.5 Å². The van der Waals surface area contributed by atoms with Crippen molar-refractivity contribution in [1.29, 1.82) is 0 Å². The van der Waals surface area contributed by atoms with Crippen LogP contribution in [0.2, 0.25) is 0 Å². The highest BCUT2D eigenvalue weighted by Gasteiger charge is 2.28. The van der Waals surface area contributed by atoms with E-state index in [4.69, 9.17) is 0 Å². The molecule has 0 fully saturated rings. The Labute approximate surface area is 101 Å². The lowest BCUT2D eigenvalue weighted by molar-refractivity contribution is 0.374. The number of hydrogen-bond acceptors (Lipinski definition) is 3. The number of aromatic nitrogens is 4. The highest BCUT2D eigenvalue weighted by molar-refractivity contribution is 5.20. The molecule has 4 heteroatoms. The van der Waals surface area contributed by atoms with Crippen LogP contribution in [0, 0.1) is 5.92 Å². The maximum atomic E-state index is 4.49. The molecule has 2 aromatic heterocycles. The zero-order valence-corrected chi connectivity index (χ0v) is 9.93. The van der Waals surface area contributed by atoms with Gasteiger partial charge in [0, 0.05) is 30.2 Å². The van der Waals surface area contributed by atoms with Crippen molar-refractivity contribution in [3.8, 4) is 0 Å². The van der Waals surface area contributed by atoms with Crippen molar-refractivity contribution in [2.45, 2.75) is 32.1 Å². The van der Waals surface area contributed by atoms with Crippen LogP contribution in [0.1, 0.15) is 36.3 Å². The van der Waals surface area contributed by atoms with E-state index in [0.29, 0.717) is 11.8 Å². The van der Waals surface area contributed by atoms with Crippen molar-refractivity contribution in [3.63, 3.8) is 0 Å². The summed E-state index contributed by atoms with van der Waals surface area (Å²) in [6.45, 7) is 2.26. The first-order valence-corrected chi connectivity index (χ1v) is 6.11. The molecule has 0 saturated carbocycles. The van der Waals surface area contributed by atoms with Gasteiger partial charge in [0.2, 0.25) is 0 Å². The zero-order chi connectivity index (χ0) is 11.7. The van der Waals surface area contributed by atoms with Crippen LogP contribution in [0.5, 0.6) is 0 Å². The number of nitrogens with zero attached hydrogens (tertiary/aromatic N) is 3. The maximum Gasteiger partial charge on any atom is 0.0921 e. The number of nitrogens with one attached hydrogen (secondary N) is 1. The summed E-state index contributed by atoms with van der Waals surface area (Å²) in [6, 6.07) is 0. The molecular weight excluding hydrogens is 212 g/mol. The molecular formula is C13H16N4. The van der Waals surface area contributed by atoms with Gasteiger partial charge in [0.1, 0.15) is 0 Å². The number of aromatic amines is 1. The molecule has 0 saturated heterocycles. The first-order valence-electron chi connectivity index (χ1n) is 6.11. The third-order valence-corrected chi connectivity index (χ3v) is 3.73. The van der Waals surface area contributed by atoms with E-state index < -0.39 is 0 Å². The molecule has 3 rings (SSSR count). The lowest BCUT2D eigenvalue weighted by atomic mass is 9.78. The minimum absolute atomic E-state index is 0.482. The van der Waals surface area contributed by atoms with Crippen LogP contribution in [0.4, 0.5) is 0 Å². The summed E-state index contributed by atoms with van der Waals surface area (Å²) in [5.74, 6) is 1.12. The summed E-state index contributed by atoms with van der Waals surface area (Å²) >= 11 is 0. The van der Waals surface area contributed by atoms with Crippen molar-refractivity contribution >= 4 is 0 Å². The molecule has 1 N–H and O–H groups in total. The molecule has 0 spiro atoms. The van der Waals surface area contributed by atoms with Crippen LogP contribution in [0.3, 0.4) is 0 Å². The number of aryl methyl sites for hydroxylation is 1. The van der Waals surface area contributed by atoms with E-state index in [1.54, 1.807) is 18.7 Å². The number of H-pyrrole nitrogens is 1. The van der Waals surface area contributed by atoms with Crippen LogP contribution < -0.4 is 0 Å². The molecule has 88 valence electrons. The Hall–Kier alpha value is -1.71. The van der Waals surface area contributed by atoms with E-state index >= 15 is 0 Å². The summed E-state index contributed by atoms with van der Waals surface area (Å²) in [7, 11) is 0. The Morgan fingerprint density at radius 2 is 2.24 bits per heavy atom. The number of imidazole rings is 1. The third kappa shape index (κ3) is 1.95. The topological polar surface area (TPSA) is 54.5 Å². The molecule has 17 heavy (non-hydrogen) atoms. The van der Waals surface area contributed by atoms with Crippen molar-refractivity contribution in [3.05, 3.63) is 42.0 Å². The van der Waals surface area contributed by atoms with Crippen molar-refractivity contribution in [2.75, 3.05) is 0 Å². The Balaban J connectivity index is 1.82. The van der Waals surface area contributed by atoms with Gasteiger partial charge in [-0.1, -0.05) is 6.92 Å². The van der Waals surface area contributed by atoms with E-state index in [9.17, 15) is 0 Å². The summed E-state index contributed by atoms with van der Waals surface area (Å²) in [6.07, 6.45) is 10.5. The zero-order valence-electron chi connectivity index (χ0n) is 9.93. The maximum absolute atomic E-state index is 4.49. The van der Waals surface area contributed by atoms with Gasteiger partial charge in [0.15, 0.2) is 0 Å². The fourth-order valence-electron chi connectivity index (χ4n) is 2.70. The molecule has 2 aromatic rings. The van der Waals surface area contributed by atoms with Crippen LogP contribution in [0.15, 0.2) is 24.9 Å². The molecule has 1 aliphatic rings. The number of fused-ring (bicyclic) bond motifs is 1. The molecule has 4 nitrogen and oxygen atoms in total. The van der Waals surface area contributed by atoms with Gasteiger partial charge >= 0.3 is 0 Å². The van der Waals surface area contributed by atoms with Gasteiger partial charge in [-0.3, -0.25) is 9.97 Å². The molecule has 2 heterocycles. The van der Waals surface area contributed by atoms with E-state index in [1.807, 2.05) is 6.20 Å². The Morgan fingerprint density at radius 3 is 3.06 bits per heavy atom. The SMILES string of the molecule is CC1c2nccnc2CCC1Cc1cnc[nH]1. The average Bonchev–Trinajstić information content (AvgIpc) is 2.86. The quantitative estimate of drug-likeness (QED) is 0.856. The Kier molecular flexibility index (Phi) is 2.63. The normalized spacial score (nSPS) is 23.4. The smallest absolute Gasteiger partial charge is 0.0921 e. The fourth-order valence-corrected chi connectivity index (χ4v) is 2.70. The second-order valence-corrected chi connectivity index (χ2v) is 4.76. The highest BCUT2D eigenvalue weighted by atomic mass is 14.9. The van der Waals surface area contributed by atoms with Gasteiger partial charge in [-0.15, -0.1) is 0 Å². The van der Waals surface area contributed by atoms with Gasteiger partial charge in [0.25, 0.3) is 0 Å². The number of rotatable bonds is 2. The predicted octanol–water partition coefficient (Wildman–Crippen LogP) is 2.11. The predicted molar refractivity (Wildman–Crippen MR) is 64.5 cm³/mol. The molecule has 0 bridgehead atoms. The minimum atomic E-state index is 0.482. The van der Waals surface area contributed by atoms with E-state index in [-0.39, 0.29) is 0 Å². The van der Waals surface area contributed by atoms with Gasteiger partial charge < -0.3 is 4.98 Å². The first-order chi connectivity index (χ1) is 8.34. The fraction of sp³-hybridized carbons (Fsp3) is 0.462. The summed E-state index contributed by atoms with van der Waals surface area (Å²) in [5.41, 5.74) is 3.58. The summed E-state index contributed by atoms with van der Waals surface area (Å²) in [4.78, 5) is 16.2. The molecule has 0 amide bonds. The van der Waals surface area contributed by atoms with Crippen LogP contribution >= 0.6 is 0 Å². The molecule has 2 atom stereocenters.